The molecule has 4 aliphatic heterocycles. The Kier molecular flexibility index (Phi) is 18.8. The van der Waals surface area contributed by atoms with Crippen molar-refractivity contribution in [2.45, 2.75) is 273 Å². The van der Waals surface area contributed by atoms with E-state index in [9.17, 15) is 51.1 Å². The van der Waals surface area contributed by atoms with Crippen LogP contribution < -0.4 is 0 Å². The molecule has 8 aliphatic rings. The maximum Gasteiger partial charge on any atom is 0.187 e. The van der Waals surface area contributed by atoms with Gasteiger partial charge in [-0.2, -0.15) is 0 Å². The second-order valence-electron chi connectivity index (χ2n) is 23.3. The Hall–Kier alpha value is -0.240. The summed E-state index contributed by atoms with van der Waals surface area (Å²) >= 11 is 3.66. The average Bonchev–Trinajstić information content (AvgIpc) is 3.73. The van der Waals surface area contributed by atoms with Crippen LogP contribution in [0.3, 0.4) is 0 Å². The topological polar surface area (TPSA) is 276 Å². The van der Waals surface area contributed by atoms with Gasteiger partial charge in [-0.15, -0.1) is 0 Å². The monoisotopic (exact) mass is 1080 g/mol. The normalized spacial score (nSPS) is 53.9. The van der Waals surface area contributed by atoms with E-state index >= 15 is 0 Å². The van der Waals surface area contributed by atoms with Crippen molar-refractivity contribution in [3.05, 3.63) is 0 Å². The number of aliphatic hydroxyl groups excluding tert-OH is 10. The molecule has 0 radical (unpaired) electrons. The van der Waals surface area contributed by atoms with E-state index < -0.39 is 123 Å². The minimum atomic E-state index is -1.59. The lowest BCUT2D eigenvalue weighted by Gasteiger charge is -2.63. The summed E-state index contributed by atoms with van der Waals surface area (Å²) in [5.74, 6) is 2.21. The molecule has 10 N–H and O–H groups in total. The van der Waals surface area contributed by atoms with E-state index in [4.69, 9.17) is 37.9 Å². The van der Waals surface area contributed by atoms with E-state index in [0.717, 1.165) is 63.1 Å². The SMILES string of the molecule is CCC1O[C@@H](OC2C(CC)O[C@H](OC3CC4C(CCC5CC(O[C@H]6OC(CC)C(O[C@@H]7OC(CC)C(O)C(O)C7O)C(O)C6O)CCC54C)C4CCC(C(C)CCCBr)C34C)C(O)C2O)C(O)C(O)C1O. The highest BCUT2D eigenvalue weighted by Gasteiger charge is 2.66. The van der Waals surface area contributed by atoms with Crippen molar-refractivity contribution in [3.8, 4) is 0 Å². The Morgan fingerprint density at radius 2 is 1.00 bits per heavy atom. The molecule has 0 bridgehead atoms. The van der Waals surface area contributed by atoms with Gasteiger partial charge in [0.1, 0.15) is 73.2 Å². The van der Waals surface area contributed by atoms with Gasteiger partial charge < -0.3 is 89.0 Å². The fourth-order valence-electron chi connectivity index (χ4n) is 15.5. The Bertz CT molecular complexity index is 1700. The van der Waals surface area contributed by atoms with Crippen molar-refractivity contribution in [1.29, 1.82) is 0 Å². The number of alkyl halides is 1. The van der Waals surface area contributed by atoms with Crippen LogP contribution in [-0.4, -0.2) is 191 Å². The lowest BCUT2D eigenvalue weighted by atomic mass is 9.43. The second-order valence-corrected chi connectivity index (χ2v) is 24.1. The molecule has 0 amide bonds. The fourth-order valence-corrected chi connectivity index (χ4v) is 15.8. The molecule has 4 aliphatic carbocycles. The first-order valence-corrected chi connectivity index (χ1v) is 28.5. The molecule has 26 unspecified atom stereocenters. The van der Waals surface area contributed by atoms with Crippen LogP contribution in [0.4, 0.5) is 0 Å². The Morgan fingerprint density at radius 3 is 1.51 bits per heavy atom. The molecular formula is C52H89BrO18. The van der Waals surface area contributed by atoms with Gasteiger partial charge in [0.05, 0.1) is 36.6 Å². The molecule has 412 valence electrons. The Labute approximate surface area is 428 Å². The van der Waals surface area contributed by atoms with Gasteiger partial charge in [-0.3, -0.25) is 0 Å². The summed E-state index contributed by atoms with van der Waals surface area (Å²) in [5, 5.41) is 111. The number of hydrogen-bond acceptors (Lipinski definition) is 18. The van der Waals surface area contributed by atoms with Gasteiger partial charge in [-0.1, -0.05) is 64.4 Å². The van der Waals surface area contributed by atoms with Gasteiger partial charge in [0.15, 0.2) is 25.2 Å². The number of fused-ring (bicyclic) bond motifs is 5. The standard InChI is InChI=1S/C52H89BrO18/c1-8-30-35(54)37(56)41(60)49(65-30)70-45-32(10-3)67-47(43(62)39(45)58)64-25-18-19-51(6)24(21-25)14-15-26-28-17-16-27(23(5)13-12-20-53)52(28,7)34(22-29(26)51)69-48-44(63)40(59)46(33(11-4)68-48)71-50-42(61)38(57)36(55)31(9-2)66-50/h23-50,54-63H,8-22H2,1-7H3/t23?,24?,25?,26?,27?,28?,29?,30?,31?,32?,33?,34?,35?,36?,37?,38?,39?,40?,41?,42?,43?,44?,45?,46?,47-,48+,49-,50-,51?,52?/m0/s1. The zero-order valence-electron chi connectivity index (χ0n) is 42.9. The minimum absolute atomic E-state index is 0.0804. The first kappa shape index (κ1) is 56.9. The molecule has 4 saturated carbocycles. The van der Waals surface area contributed by atoms with Crippen LogP contribution in [0.2, 0.25) is 0 Å². The molecule has 4 heterocycles. The van der Waals surface area contributed by atoms with E-state index in [1.54, 1.807) is 13.8 Å². The Balaban J connectivity index is 0.969. The van der Waals surface area contributed by atoms with Crippen molar-refractivity contribution in [3.63, 3.8) is 0 Å². The molecule has 0 spiro atoms. The van der Waals surface area contributed by atoms with Crippen molar-refractivity contribution in [1.82, 2.24) is 0 Å². The number of hydrogen-bond donors (Lipinski definition) is 10. The number of rotatable bonds is 16. The molecular weight excluding hydrogens is 992 g/mol. The van der Waals surface area contributed by atoms with Gasteiger partial charge in [-0.05, 0) is 131 Å². The first-order chi connectivity index (χ1) is 33.8. The third-order valence-corrected chi connectivity index (χ3v) is 20.2. The van der Waals surface area contributed by atoms with Gasteiger partial charge in [0.25, 0.3) is 0 Å². The summed E-state index contributed by atoms with van der Waals surface area (Å²) < 4.78 is 50.6. The number of halogens is 1. The highest BCUT2D eigenvalue weighted by Crippen LogP contribution is 2.69. The summed E-state index contributed by atoms with van der Waals surface area (Å²) in [4.78, 5) is 0. The Morgan fingerprint density at radius 1 is 0.521 bits per heavy atom. The van der Waals surface area contributed by atoms with Crippen LogP contribution in [0.1, 0.15) is 138 Å². The summed E-state index contributed by atoms with van der Waals surface area (Å²) in [5.41, 5.74) is -0.318. The number of ether oxygens (including phenoxy) is 8. The lowest BCUT2D eigenvalue weighted by molar-refractivity contribution is -0.367. The van der Waals surface area contributed by atoms with Crippen LogP contribution in [0.15, 0.2) is 0 Å². The lowest BCUT2D eigenvalue weighted by Crippen LogP contribution is -2.65. The third-order valence-electron chi connectivity index (χ3n) is 19.7. The molecule has 0 aromatic rings. The maximum absolute atomic E-state index is 11.9. The smallest absolute Gasteiger partial charge is 0.187 e. The molecule has 18 nitrogen and oxygen atoms in total. The van der Waals surface area contributed by atoms with Gasteiger partial charge in [0.2, 0.25) is 0 Å². The van der Waals surface area contributed by atoms with Crippen molar-refractivity contribution >= 4 is 15.9 Å². The van der Waals surface area contributed by atoms with E-state index in [0.29, 0.717) is 55.8 Å². The van der Waals surface area contributed by atoms with Crippen molar-refractivity contribution in [2.75, 3.05) is 5.33 Å². The number of aliphatic hydroxyl groups is 10. The minimum Gasteiger partial charge on any atom is -0.388 e. The molecule has 8 fully saturated rings. The van der Waals surface area contributed by atoms with E-state index in [1.807, 2.05) is 13.8 Å². The van der Waals surface area contributed by atoms with Crippen molar-refractivity contribution < 1.29 is 89.0 Å². The molecule has 19 heteroatoms. The van der Waals surface area contributed by atoms with E-state index in [-0.39, 0.29) is 34.9 Å². The highest BCUT2D eigenvalue weighted by atomic mass is 79.9. The van der Waals surface area contributed by atoms with E-state index in [1.165, 1.54) is 0 Å². The largest absolute Gasteiger partial charge is 0.388 e. The molecule has 8 rings (SSSR count). The van der Waals surface area contributed by atoms with Gasteiger partial charge >= 0.3 is 0 Å². The molecule has 0 aromatic heterocycles. The van der Waals surface area contributed by atoms with Crippen LogP contribution in [-0.2, 0) is 37.9 Å². The van der Waals surface area contributed by atoms with Crippen LogP contribution in [0, 0.1) is 46.3 Å². The zero-order chi connectivity index (χ0) is 51.4. The fraction of sp³-hybridized carbons (Fsp3) is 1.00. The zero-order valence-corrected chi connectivity index (χ0v) is 44.5. The van der Waals surface area contributed by atoms with Gasteiger partial charge in [-0.25, -0.2) is 0 Å². The molecule has 4 saturated heterocycles. The summed E-state index contributed by atoms with van der Waals surface area (Å²) in [6.45, 7) is 14.5. The second kappa shape index (κ2) is 23.4. The summed E-state index contributed by atoms with van der Waals surface area (Å²) in [7, 11) is 0. The molecule has 30 atom stereocenters. The first-order valence-electron chi connectivity index (χ1n) is 27.4. The predicted molar refractivity (Wildman–Crippen MR) is 258 cm³/mol. The maximum atomic E-state index is 11.9. The summed E-state index contributed by atoms with van der Waals surface area (Å²) in [6, 6.07) is 0. The van der Waals surface area contributed by atoms with Gasteiger partial charge in [0, 0.05) is 10.7 Å². The highest BCUT2D eigenvalue weighted by molar-refractivity contribution is 9.09. The van der Waals surface area contributed by atoms with Crippen LogP contribution in [0.5, 0.6) is 0 Å². The van der Waals surface area contributed by atoms with Crippen LogP contribution in [0.25, 0.3) is 0 Å². The molecule has 0 aromatic carbocycles. The van der Waals surface area contributed by atoms with E-state index in [2.05, 4.69) is 36.7 Å². The quantitative estimate of drug-likeness (QED) is 0.0786. The van der Waals surface area contributed by atoms with Crippen molar-refractivity contribution in [2.24, 2.45) is 46.3 Å². The molecule has 71 heavy (non-hydrogen) atoms. The summed E-state index contributed by atoms with van der Waals surface area (Å²) in [6.07, 6.45) is -14.7. The van der Waals surface area contributed by atoms with Crippen LogP contribution >= 0.6 is 15.9 Å². The average molecular weight is 1080 g/mol. The predicted octanol–water partition coefficient (Wildman–Crippen LogP) is 2.76. The third kappa shape index (κ3) is 10.6.